The van der Waals surface area contributed by atoms with E-state index in [1.165, 1.54) is 23.3 Å². The Morgan fingerprint density at radius 2 is 1.75 bits per heavy atom. The summed E-state index contributed by atoms with van der Waals surface area (Å²) in [4.78, 5) is 6.79. The standard InChI is InChI=1S/C24H26F3N3O2/c1-4-30-11-9-16-5-6-18(13-17(16)10-12-30)22-28-23(32-29-22)19-7-8-21(31-15(2)3)20(14-19)24(25,26)27/h5-8,13-15H,4,9-12H2,1-3H3. The Balaban J connectivity index is 1.63. The molecule has 1 aromatic heterocycles. The van der Waals surface area contributed by atoms with Gasteiger partial charge in [0.15, 0.2) is 0 Å². The van der Waals surface area contributed by atoms with Gasteiger partial charge in [0.25, 0.3) is 5.89 Å². The maximum absolute atomic E-state index is 13.6. The summed E-state index contributed by atoms with van der Waals surface area (Å²) in [5.41, 5.74) is 2.68. The molecule has 0 atom stereocenters. The van der Waals surface area contributed by atoms with Crippen LogP contribution in [0.1, 0.15) is 37.5 Å². The maximum Gasteiger partial charge on any atom is 0.419 e. The largest absolute Gasteiger partial charge is 0.490 e. The predicted octanol–water partition coefficient (Wildman–Crippen LogP) is 5.63. The van der Waals surface area contributed by atoms with Gasteiger partial charge in [-0.2, -0.15) is 18.2 Å². The van der Waals surface area contributed by atoms with Gasteiger partial charge in [-0.25, -0.2) is 0 Å². The minimum absolute atomic E-state index is 0.0358. The highest BCUT2D eigenvalue weighted by Crippen LogP contribution is 2.39. The van der Waals surface area contributed by atoms with E-state index in [1.54, 1.807) is 13.8 Å². The Labute approximate surface area is 185 Å². The van der Waals surface area contributed by atoms with Crippen LogP contribution in [0.3, 0.4) is 0 Å². The van der Waals surface area contributed by atoms with Gasteiger partial charge in [0.1, 0.15) is 5.75 Å². The summed E-state index contributed by atoms with van der Waals surface area (Å²) in [7, 11) is 0. The van der Waals surface area contributed by atoms with Gasteiger partial charge in [-0.1, -0.05) is 24.2 Å². The van der Waals surface area contributed by atoms with Crippen LogP contribution in [-0.4, -0.2) is 40.8 Å². The molecule has 1 aliphatic rings. The van der Waals surface area contributed by atoms with Crippen molar-refractivity contribution in [2.75, 3.05) is 19.6 Å². The molecule has 0 radical (unpaired) electrons. The highest BCUT2D eigenvalue weighted by molar-refractivity contribution is 5.63. The summed E-state index contributed by atoms with van der Waals surface area (Å²) in [5.74, 6) is 0.173. The van der Waals surface area contributed by atoms with E-state index in [0.29, 0.717) is 5.82 Å². The lowest BCUT2D eigenvalue weighted by atomic mass is 10.00. The molecule has 1 aliphatic heterocycles. The van der Waals surface area contributed by atoms with E-state index in [9.17, 15) is 13.2 Å². The quantitative estimate of drug-likeness (QED) is 0.510. The first-order chi connectivity index (χ1) is 15.2. The molecule has 0 spiro atoms. The van der Waals surface area contributed by atoms with Gasteiger partial charge in [0, 0.05) is 24.2 Å². The molecule has 0 saturated heterocycles. The topological polar surface area (TPSA) is 51.4 Å². The maximum atomic E-state index is 13.6. The SMILES string of the molecule is CCN1CCc2ccc(-c3noc(-c4ccc(OC(C)C)c(C(F)(F)F)c4)n3)cc2CC1. The van der Waals surface area contributed by atoms with Crippen molar-refractivity contribution in [2.24, 2.45) is 0 Å². The average molecular weight is 445 g/mol. The first kappa shape index (κ1) is 22.3. The summed E-state index contributed by atoms with van der Waals surface area (Å²) in [6.45, 7) is 8.57. The molecule has 0 aliphatic carbocycles. The van der Waals surface area contributed by atoms with Crippen molar-refractivity contribution in [1.29, 1.82) is 0 Å². The highest BCUT2D eigenvalue weighted by Gasteiger charge is 2.35. The Morgan fingerprint density at radius 1 is 1.03 bits per heavy atom. The molecule has 0 unspecified atom stereocenters. The lowest BCUT2D eigenvalue weighted by molar-refractivity contribution is -0.139. The molecule has 32 heavy (non-hydrogen) atoms. The molecular weight excluding hydrogens is 419 g/mol. The predicted molar refractivity (Wildman–Crippen MR) is 115 cm³/mol. The van der Waals surface area contributed by atoms with Crippen molar-refractivity contribution >= 4 is 0 Å². The number of hydrogen-bond donors (Lipinski definition) is 0. The third-order valence-electron chi connectivity index (χ3n) is 5.63. The zero-order valence-corrected chi connectivity index (χ0v) is 18.4. The molecule has 0 N–H and O–H groups in total. The number of ether oxygens (including phenoxy) is 1. The molecular formula is C24H26F3N3O2. The number of rotatable bonds is 5. The van der Waals surface area contributed by atoms with Gasteiger partial charge >= 0.3 is 6.18 Å². The van der Waals surface area contributed by atoms with Crippen LogP contribution in [0.25, 0.3) is 22.8 Å². The van der Waals surface area contributed by atoms with Crippen LogP contribution in [-0.2, 0) is 19.0 Å². The van der Waals surface area contributed by atoms with Crippen molar-refractivity contribution in [3.63, 3.8) is 0 Å². The smallest absolute Gasteiger partial charge is 0.419 e. The molecule has 5 nitrogen and oxygen atoms in total. The summed E-state index contributed by atoms with van der Waals surface area (Å²) in [6.07, 6.45) is -3.01. The summed E-state index contributed by atoms with van der Waals surface area (Å²) in [5, 5.41) is 4.02. The average Bonchev–Trinajstić information content (AvgIpc) is 3.14. The van der Waals surface area contributed by atoms with Crippen LogP contribution in [0, 0.1) is 0 Å². The molecule has 0 saturated carbocycles. The fraction of sp³-hybridized carbons (Fsp3) is 0.417. The molecule has 0 fully saturated rings. The van der Waals surface area contributed by atoms with Crippen molar-refractivity contribution in [1.82, 2.24) is 15.0 Å². The molecule has 0 bridgehead atoms. The fourth-order valence-corrected chi connectivity index (χ4v) is 3.93. The van der Waals surface area contributed by atoms with Crippen molar-refractivity contribution in [3.8, 4) is 28.6 Å². The van der Waals surface area contributed by atoms with E-state index < -0.39 is 11.7 Å². The fourth-order valence-electron chi connectivity index (χ4n) is 3.93. The summed E-state index contributed by atoms with van der Waals surface area (Å²) in [6, 6.07) is 9.87. The summed E-state index contributed by atoms with van der Waals surface area (Å²) >= 11 is 0. The van der Waals surface area contributed by atoms with Crippen molar-refractivity contribution in [2.45, 2.75) is 45.9 Å². The third kappa shape index (κ3) is 4.80. The number of hydrogen-bond acceptors (Lipinski definition) is 5. The van der Waals surface area contributed by atoms with Crippen LogP contribution in [0.15, 0.2) is 40.9 Å². The Morgan fingerprint density at radius 3 is 2.44 bits per heavy atom. The van der Waals surface area contributed by atoms with Gasteiger partial charge in [-0.3, -0.25) is 0 Å². The van der Waals surface area contributed by atoms with E-state index >= 15 is 0 Å². The van der Waals surface area contributed by atoms with E-state index in [4.69, 9.17) is 9.26 Å². The number of nitrogens with zero attached hydrogens (tertiary/aromatic N) is 3. The molecule has 3 aromatic rings. The zero-order chi connectivity index (χ0) is 22.9. The van der Waals surface area contributed by atoms with Crippen molar-refractivity contribution < 1.29 is 22.4 Å². The van der Waals surface area contributed by atoms with Crippen LogP contribution in [0.4, 0.5) is 13.2 Å². The lowest BCUT2D eigenvalue weighted by Crippen LogP contribution is -2.25. The van der Waals surface area contributed by atoms with Gasteiger partial charge in [0.05, 0.1) is 11.7 Å². The number of benzene rings is 2. The highest BCUT2D eigenvalue weighted by atomic mass is 19.4. The molecule has 2 heterocycles. The molecule has 4 rings (SSSR count). The first-order valence-electron chi connectivity index (χ1n) is 10.8. The van der Waals surface area contributed by atoms with Crippen LogP contribution in [0.5, 0.6) is 5.75 Å². The van der Waals surface area contributed by atoms with Crippen LogP contribution < -0.4 is 4.74 Å². The van der Waals surface area contributed by atoms with Gasteiger partial charge in [-0.05, 0) is 68.6 Å². The van der Waals surface area contributed by atoms with Crippen LogP contribution in [0.2, 0.25) is 0 Å². The number of likely N-dealkylation sites (N-methyl/N-ethyl adjacent to an activating group) is 1. The van der Waals surface area contributed by atoms with E-state index in [-0.39, 0.29) is 23.3 Å². The minimum Gasteiger partial charge on any atom is -0.490 e. The van der Waals surface area contributed by atoms with E-state index in [2.05, 4.69) is 34.1 Å². The Hall–Kier alpha value is -2.87. The molecule has 2 aromatic carbocycles. The van der Waals surface area contributed by atoms with Gasteiger partial charge in [0.2, 0.25) is 5.82 Å². The third-order valence-corrected chi connectivity index (χ3v) is 5.63. The zero-order valence-electron chi connectivity index (χ0n) is 18.4. The van der Waals surface area contributed by atoms with Gasteiger partial charge < -0.3 is 14.2 Å². The summed E-state index contributed by atoms with van der Waals surface area (Å²) < 4.78 is 51.3. The van der Waals surface area contributed by atoms with E-state index in [0.717, 1.165) is 44.1 Å². The molecule has 8 heteroatoms. The second-order valence-corrected chi connectivity index (χ2v) is 8.22. The monoisotopic (exact) mass is 445 g/mol. The first-order valence-corrected chi connectivity index (χ1v) is 10.8. The normalized spacial score (nSPS) is 15.0. The number of alkyl halides is 3. The van der Waals surface area contributed by atoms with Gasteiger partial charge in [-0.15, -0.1) is 0 Å². The van der Waals surface area contributed by atoms with Crippen molar-refractivity contribution in [3.05, 3.63) is 53.1 Å². The number of aromatic nitrogens is 2. The molecule has 0 amide bonds. The molecule has 170 valence electrons. The number of fused-ring (bicyclic) bond motifs is 1. The minimum atomic E-state index is -4.56. The van der Waals surface area contributed by atoms with Crippen LogP contribution >= 0.6 is 0 Å². The lowest BCUT2D eigenvalue weighted by Gasteiger charge is -2.16. The second kappa shape index (κ2) is 8.94. The number of halogens is 3. The second-order valence-electron chi connectivity index (χ2n) is 8.22. The Kier molecular flexibility index (Phi) is 6.24. The Bertz CT molecular complexity index is 1090. The van der Waals surface area contributed by atoms with E-state index in [1.807, 2.05) is 6.07 Å².